The highest BCUT2D eigenvalue weighted by Gasteiger charge is 2.27. The van der Waals surface area contributed by atoms with Gasteiger partial charge < -0.3 is 25.2 Å². The number of nitrogens with one attached hydrogen (secondary N) is 2. The van der Waals surface area contributed by atoms with Gasteiger partial charge in [-0.15, -0.1) is 0 Å². The second kappa shape index (κ2) is 10.6. The fourth-order valence-electron chi connectivity index (χ4n) is 3.32. The number of halogens is 1. The number of hydrogen-bond acceptors (Lipinski definition) is 4. The molecule has 1 aliphatic rings. The molecule has 1 aromatic carbocycles. The van der Waals surface area contributed by atoms with Crippen LogP contribution in [0.25, 0.3) is 0 Å². The monoisotopic (exact) mass is 421 g/mol. The minimum atomic E-state index is -0.515. The van der Waals surface area contributed by atoms with Gasteiger partial charge in [-0.05, 0) is 65.9 Å². The molecule has 8 heteroatoms. The summed E-state index contributed by atoms with van der Waals surface area (Å²) < 4.78 is 19.4. The van der Waals surface area contributed by atoms with Crippen LogP contribution in [0, 0.1) is 5.82 Å². The minimum absolute atomic E-state index is 0.0150. The van der Waals surface area contributed by atoms with Crippen LogP contribution in [0.2, 0.25) is 0 Å². The number of rotatable bonds is 6. The molecule has 1 aliphatic heterocycles. The van der Waals surface area contributed by atoms with Crippen LogP contribution in [-0.4, -0.2) is 67.2 Å². The summed E-state index contributed by atoms with van der Waals surface area (Å²) in [6.45, 7) is 10.8. The predicted octanol–water partition coefficient (Wildman–Crippen LogP) is 2.95. The Hall–Kier alpha value is -2.35. The summed E-state index contributed by atoms with van der Waals surface area (Å²) in [7, 11) is 3.84. The summed E-state index contributed by atoms with van der Waals surface area (Å²) in [5, 5.41) is 6.25. The first-order valence-corrected chi connectivity index (χ1v) is 10.5. The van der Waals surface area contributed by atoms with Crippen LogP contribution in [0.1, 0.15) is 45.2 Å². The average Bonchev–Trinajstić information content (AvgIpc) is 3.07. The van der Waals surface area contributed by atoms with Gasteiger partial charge in [-0.2, -0.15) is 0 Å². The predicted molar refractivity (Wildman–Crippen MR) is 118 cm³/mol. The van der Waals surface area contributed by atoms with Crippen molar-refractivity contribution in [3.8, 4) is 0 Å². The molecule has 30 heavy (non-hydrogen) atoms. The topological polar surface area (TPSA) is 69.2 Å². The molecular weight excluding hydrogens is 385 g/mol. The van der Waals surface area contributed by atoms with E-state index >= 15 is 0 Å². The molecule has 7 nitrogen and oxygen atoms in total. The molecule has 1 fully saturated rings. The van der Waals surface area contributed by atoms with Crippen LogP contribution >= 0.6 is 0 Å². The van der Waals surface area contributed by atoms with Gasteiger partial charge in [-0.3, -0.25) is 0 Å². The molecule has 0 saturated carbocycles. The van der Waals surface area contributed by atoms with E-state index in [-0.39, 0.29) is 11.9 Å². The standard InChI is InChI=1S/C22H36FN5O2/c1-7-24-20(25-13-16-8-9-19(23)17(12-16)14-27(5)6)28-11-10-18(15-28)26-21(29)30-22(2,3)4/h8-9,12,18H,7,10-11,13-15H2,1-6H3,(H,24,25)(H,26,29). The Morgan fingerprint density at radius 3 is 2.73 bits per heavy atom. The van der Waals surface area contributed by atoms with E-state index in [2.05, 4.69) is 15.5 Å². The highest BCUT2D eigenvalue weighted by molar-refractivity contribution is 5.80. The molecule has 1 aromatic rings. The number of carbonyl (C=O) groups excluding carboxylic acids is 1. The first-order valence-electron chi connectivity index (χ1n) is 10.5. The molecule has 0 spiro atoms. The van der Waals surface area contributed by atoms with Crippen molar-refractivity contribution < 1.29 is 13.9 Å². The Kier molecular flexibility index (Phi) is 8.46. The first-order chi connectivity index (χ1) is 14.1. The highest BCUT2D eigenvalue weighted by atomic mass is 19.1. The van der Waals surface area contributed by atoms with Crippen molar-refractivity contribution in [2.45, 2.75) is 58.8 Å². The molecule has 1 amide bonds. The van der Waals surface area contributed by atoms with Gasteiger partial charge in [0.2, 0.25) is 0 Å². The summed E-state index contributed by atoms with van der Waals surface area (Å²) in [4.78, 5) is 20.8. The summed E-state index contributed by atoms with van der Waals surface area (Å²) in [5.41, 5.74) is 1.12. The smallest absolute Gasteiger partial charge is 0.407 e. The molecule has 0 bridgehead atoms. The summed E-state index contributed by atoms with van der Waals surface area (Å²) >= 11 is 0. The van der Waals surface area contributed by atoms with Gasteiger partial charge in [-0.25, -0.2) is 14.2 Å². The van der Waals surface area contributed by atoms with Crippen LogP contribution in [0.15, 0.2) is 23.2 Å². The first kappa shape index (κ1) is 23.9. The van der Waals surface area contributed by atoms with Crippen molar-refractivity contribution in [3.63, 3.8) is 0 Å². The number of ether oxygens (including phenoxy) is 1. The summed E-state index contributed by atoms with van der Waals surface area (Å²) in [5.74, 6) is 0.600. The van der Waals surface area contributed by atoms with E-state index in [0.29, 0.717) is 25.2 Å². The number of likely N-dealkylation sites (tertiary alicyclic amines) is 1. The van der Waals surface area contributed by atoms with Crippen LogP contribution in [0.4, 0.5) is 9.18 Å². The van der Waals surface area contributed by atoms with Crippen LogP contribution in [0.5, 0.6) is 0 Å². The third kappa shape index (κ3) is 7.82. The third-order valence-corrected chi connectivity index (χ3v) is 4.55. The van der Waals surface area contributed by atoms with E-state index in [1.165, 1.54) is 6.07 Å². The van der Waals surface area contributed by atoms with Gasteiger partial charge in [-0.1, -0.05) is 6.07 Å². The van der Waals surface area contributed by atoms with Crippen molar-refractivity contribution in [2.75, 3.05) is 33.7 Å². The Bertz CT molecular complexity index is 746. The van der Waals surface area contributed by atoms with Crippen molar-refractivity contribution in [2.24, 2.45) is 4.99 Å². The number of alkyl carbamates (subject to hydrolysis) is 1. The lowest BCUT2D eigenvalue weighted by molar-refractivity contribution is 0.0507. The van der Waals surface area contributed by atoms with Gasteiger partial charge in [0.15, 0.2) is 5.96 Å². The normalized spacial score (nSPS) is 17.4. The van der Waals surface area contributed by atoms with E-state index in [0.717, 1.165) is 31.0 Å². The zero-order chi connectivity index (χ0) is 22.3. The van der Waals surface area contributed by atoms with Crippen LogP contribution < -0.4 is 10.6 Å². The van der Waals surface area contributed by atoms with E-state index in [4.69, 9.17) is 9.73 Å². The molecule has 1 saturated heterocycles. The molecule has 168 valence electrons. The van der Waals surface area contributed by atoms with Gasteiger partial charge in [0.25, 0.3) is 0 Å². The number of nitrogens with zero attached hydrogens (tertiary/aromatic N) is 3. The fraction of sp³-hybridized carbons (Fsp3) is 0.636. The average molecular weight is 422 g/mol. The zero-order valence-electron chi connectivity index (χ0n) is 19.1. The second-order valence-corrected chi connectivity index (χ2v) is 8.91. The molecule has 1 atom stereocenters. The molecule has 0 aliphatic carbocycles. The Morgan fingerprint density at radius 2 is 2.10 bits per heavy atom. The van der Waals surface area contributed by atoms with Crippen LogP contribution in [-0.2, 0) is 17.8 Å². The number of hydrogen-bond donors (Lipinski definition) is 2. The van der Waals surface area contributed by atoms with Crippen LogP contribution in [0.3, 0.4) is 0 Å². The maximum Gasteiger partial charge on any atom is 0.407 e. The maximum atomic E-state index is 14.0. The Morgan fingerprint density at radius 1 is 1.37 bits per heavy atom. The number of benzene rings is 1. The van der Waals surface area contributed by atoms with Gasteiger partial charge in [0.05, 0.1) is 12.6 Å². The van der Waals surface area contributed by atoms with E-state index in [9.17, 15) is 9.18 Å². The Labute approximate surface area is 179 Å². The zero-order valence-corrected chi connectivity index (χ0v) is 19.1. The maximum absolute atomic E-state index is 14.0. The van der Waals surface area contributed by atoms with Crippen molar-refractivity contribution in [3.05, 3.63) is 35.1 Å². The number of guanidine groups is 1. The summed E-state index contributed by atoms with van der Waals surface area (Å²) in [6.07, 6.45) is 0.434. The van der Waals surface area contributed by atoms with E-state index in [1.54, 1.807) is 6.07 Å². The molecule has 1 unspecified atom stereocenters. The van der Waals surface area contributed by atoms with Gasteiger partial charge >= 0.3 is 6.09 Å². The van der Waals surface area contributed by atoms with Crippen molar-refractivity contribution >= 4 is 12.1 Å². The molecule has 2 rings (SSSR count). The molecule has 1 heterocycles. The van der Waals surface area contributed by atoms with E-state index in [1.807, 2.05) is 52.8 Å². The SMILES string of the molecule is CCNC(=NCc1ccc(F)c(CN(C)C)c1)N1CCC(NC(=O)OC(C)(C)C)C1. The minimum Gasteiger partial charge on any atom is -0.444 e. The fourth-order valence-corrected chi connectivity index (χ4v) is 3.32. The lowest BCUT2D eigenvalue weighted by Gasteiger charge is -2.23. The van der Waals surface area contributed by atoms with Gasteiger partial charge in [0.1, 0.15) is 11.4 Å². The number of aliphatic imine (C=N–C) groups is 1. The highest BCUT2D eigenvalue weighted by Crippen LogP contribution is 2.15. The second-order valence-electron chi connectivity index (χ2n) is 8.91. The lowest BCUT2D eigenvalue weighted by Crippen LogP contribution is -2.44. The third-order valence-electron chi connectivity index (χ3n) is 4.55. The molecular formula is C22H36FN5O2. The van der Waals surface area contributed by atoms with Crippen molar-refractivity contribution in [1.82, 2.24) is 20.4 Å². The summed E-state index contributed by atoms with van der Waals surface area (Å²) in [6, 6.07) is 5.17. The number of amides is 1. The molecule has 2 N–H and O–H groups in total. The number of carbonyl (C=O) groups is 1. The Balaban J connectivity index is 2.00. The molecule has 0 radical (unpaired) electrons. The lowest BCUT2D eigenvalue weighted by atomic mass is 10.1. The molecule has 0 aromatic heterocycles. The largest absolute Gasteiger partial charge is 0.444 e. The quantitative estimate of drug-likeness (QED) is 0.546. The van der Waals surface area contributed by atoms with Gasteiger partial charge in [0, 0.05) is 31.7 Å². The van der Waals surface area contributed by atoms with Crippen molar-refractivity contribution in [1.29, 1.82) is 0 Å². The van der Waals surface area contributed by atoms with E-state index < -0.39 is 11.7 Å².